The topological polar surface area (TPSA) is 92.5 Å². The van der Waals surface area contributed by atoms with E-state index < -0.39 is 15.8 Å². The van der Waals surface area contributed by atoms with Crippen molar-refractivity contribution in [2.45, 2.75) is 30.2 Å². The second-order valence-corrected chi connectivity index (χ2v) is 8.33. The highest BCUT2D eigenvalue weighted by atomic mass is 32.2. The smallest absolute Gasteiger partial charge is 0.240 e. The van der Waals surface area contributed by atoms with Gasteiger partial charge < -0.3 is 10.6 Å². The molecule has 1 saturated carbocycles. The zero-order valence-electron chi connectivity index (χ0n) is 13.3. The Morgan fingerprint density at radius 1 is 1.25 bits per heavy atom. The Bertz CT molecular complexity index is 708. The molecule has 1 aromatic rings. The van der Waals surface area contributed by atoms with Crippen LogP contribution in [0, 0.1) is 17.7 Å². The Morgan fingerprint density at radius 2 is 1.96 bits per heavy atom. The van der Waals surface area contributed by atoms with Crippen molar-refractivity contribution in [3.8, 4) is 0 Å². The molecule has 132 valence electrons. The van der Waals surface area contributed by atoms with E-state index in [1.165, 1.54) is 12.1 Å². The number of hydrogen-bond donors (Lipinski definition) is 2. The standard InChI is InChI=1S/C16H22FN3O3S/c17-12-2-4-13(5-3-12)24(22,23)19-8-7-16(21)20-9-11-1-6-15(18)14(11)10-20/h2-5,11,14-15,19H,1,6-10,18H2. The van der Waals surface area contributed by atoms with Crippen molar-refractivity contribution in [1.29, 1.82) is 0 Å². The molecule has 1 saturated heterocycles. The van der Waals surface area contributed by atoms with E-state index in [1.54, 1.807) is 4.90 Å². The van der Waals surface area contributed by atoms with Gasteiger partial charge in [0.25, 0.3) is 0 Å². The molecule has 1 aromatic carbocycles. The van der Waals surface area contributed by atoms with Gasteiger partial charge in [0.1, 0.15) is 5.82 Å². The van der Waals surface area contributed by atoms with Crippen LogP contribution >= 0.6 is 0 Å². The number of amides is 1. The lowest BCUT2D eigenvalue weighted by Gasteiger charge is -2.19. The van der Waals surface area contributed by atoms with E-state index in [1.807, 2.05) is 0 Å². The predicted octanol–water partition coefficient (Wildman–Crippen LogP) is 0.690. The maximum absolute atomic E-state index is 12.9. The minimum absolute atomic E-state index is 0.0157. The van der Waals surface area contributed by atoms with Crippen LogP contribution in [0.2, 0.25) is 0 Å². The van der Waals surface area contributed by atoms with Gasteiger partial charge in [0.2, 0.25) is 15.9 Å². The molecule has 1 heterocycles. The van der Waals surface area contributed by atoms with Gasteiger partial charge in [-0.3, -0.25) is 4.79 Å². The first kappa shape index (κ1) is 17.3. The third kappa shape index (κ3) is 3.60. The number of halogens is 1. The zero-order chi connectivity index (χ0) is 17.3. The van der Waals surface area contributed by atoms with Gasteiger partial charge in [0.05, 0.1) is 4.90 Å². The molecule has 0 bridgehead atoms. The lowest BCUT2D eigenvalue weighted by atomic mass is 9.98. The van der Waals surface area contributed by atoms with Crippen LogP contribution in [0.1, 0.15) is 19.3 Å². The molecular formula is C16H22FN3O3S. The summed E-state index contributed by atoms with van der Waals surface area (Å²) in [5.74, 6) is 0.310. The van der Waals surface area contributed by atoms with Crippen LogP contribution in [-0.4, -0.2) is 44.9 Å². The van der Waals surface area contributed by atoms with Crippen LogP contribution in [0.25, 0.3) is 0 Å². The highest BCUT2D eigenvalue weighted by Crippen LogP contribution is 2.37. The van der Waals surface area contributed by atoms with Gasteiger partial charge in [-0.25, -0.2) is 17.5 Å². The molecule has 3 atom stereocenters. The van der Waals surface area contributed by atoms with Crippen LogP contribution in [-0.2, 0) is 14.8 Å². The molecule has 3 unspecified atom stereocenters. The monoisotopic (exact) mass is 355 g/mol. The fourth-order valence-electron chi connectivity index (χ4n) is 3.66. The largest absolute Gasteiger partial charge is 0.342 e. The molecule has 8 heteroatoms. The number of benzene rings is 1. The van der Waals surface area contributed by atoms with Gasteiger partial charge in [-0.2, -0.15) is 0 Å². The number of rotatable bonds is 5. The molecule has 3 rings (SSSR count). The van der Waals surface area contributed by atoms with Crippen LogP contribution in [0.15, 0.2) is 29.2 Å². The normalized spacial score (nSPS) is 26.6. The maximum atomic E-state index is 12.9. The number of sulfonamides is 1. The SMILES string of the molecule is NC1CCC2CN(C(=O)CCNS(=O)(=O)c3ccc(F)cc3)CC12. The maximum Gasteiger partial charge on any atom is 0.240 e. The number of nitrogens with two attached hydrogens (primary N) is 1. The van der Waals surface area contributed by atoms with Crippen LogP contribution in [0.5, 0.6) is 0 Å². The molecule has 2 fully saturated rings. The summed E-state index contributed by atoms with van der Waals surface area (Å²) in [4.78, 5) is 14.0. The van der Waals surface area contributed by atoms with Crippen LogP contribution < -0.4 is 10.5 Å². The first-order chi connectivity index (χ1) is 11.4. The van der Waals surface area contributed by atoms with Gasteiger partial charge in [-0.15, -0.1) is 0 Å². The van der Waals surface area contributed by atoms with Crippen molar-refractivity contribution in [2.75, 3.05) is 19.6 Å². The Morgan fingerprint density at radius 3 is 2.62 bits per heavy atom. The molecule has 1 amide bonds. The molecular weight excluding hydrogens is 333 g/mol. The second kappa shape index (κ2) is 6.78. The average molecular weight is 355 g/mol. The van der Waals surface area contributed by atoms with E-state index in [0.29, 0.717) is 18.4 Å². The van der Waals surface area contributed by atoms with Crippen molar-refractivity contribution in [1.82, 2.24) is 9.62 Å². The van der Waals surface area contributed by atoms with Gasteiger partial charge in [-0.05, 0) is 48.9 Å². The van der Waals surface area contributed by atoms with E-state index in [2.05, 4.69) is 4.72 Å². The van der Waals surface area contributed by atoms with Gasteiger partial charge in [0.15, 0.2) is 0 Å². The number of carbonyl (C=O) groups excluding carboxylic acids is 1. The third-order valence-corrected chi connectivity index (χ3v) is 6.50. The van der Waals surface area contributed by atoms with E-state index in [9.17, 15) is 17.6 Å². The molecule has 3 N–H and O–H groups in total. The van der Waals surface area contributed by atoms with Crippen molar-refractivity contribution in [2.24, 2.45) is 17.6 Å². The minimum atomic E-state index is -3.73. The van der Waals surface area contributed by atoms with E-state index >= 15 is 0 Å². The number of carbonyl (C=O) groups is 1. The van der Waals surface area contributed by atoms with E-state index in [-0.39, 0.29) is 29.8 Å². The number of fused-ring (bicyclic) bond motifs is 1. The first-order valence-electron chi connectivity index (χ1n) is 8.15. The summed E-state index contributed by atoms with van der Waals surface area (Å²) in [5.41, 5.74) is 6.06. The number of likely N-dealkylation sites (tertiary alicyclic amines) is 1. The van der Waals surface area contributed by atoms with Gasteiger partial charge in [0, 0.05) is 32.1 Å². The van der Waals surface area contributed by atoms with Crippen LogP contribution in [0.3, 0.4) is 0 Å². The third-order valence-electron chi connectivity index (χ3n) is 5.02. The van der Waals surface area contributed by atoms with Gasteiger partial charge >= 0.3 is 0 Å². The van der Waals surface area contributed by atoms with Crippen molar-refractivity contribution in [3.63, 3.8) is 0 Å². The Hall–Kier alpha value is -1.51. The van der Waals surface area contributed by atoms with Crippen molar-refractivity contribution < 1.29 is 17.6 Å². The predicted molar refractivity (Wildman–Crippen MR) is 87.0 cm³/mol. The molecule has 2 aliphatic rings. The van der Waals surface area contributed by atoms with Crippen molar-refractivity contribution >= 4 is 15.9 Å². The average Bonchev–Trinajstić information content (AvgIpc) is 3.10. The highest BCUT2D eigenvalue weighted by molar-refractivity contribution is 7.89. The molecule has 6 nitrogen and oxygen atoms in total. The fraction of sp³-hybridized carbons (Fsp3) is 0.562. The summed E-state index contributed by atoms with van der Waals surface area (Å²) in [6, 6.07) is 4.74. The number of nitrogens with one attached hydrogen (secondary N) is 1. The molecule has 1 aliphatic carbocycles. The summed E-state index contributed by atoms with van der Waals surface area (Å²) >= 11 is 0. The fourth-order valence-corrected chi connectivity index (χ4v) is 4.69. The van der Waals surface area contributed by atoms with Crippen molar-refractivity contribution in [3.05, 3.63) is 30.1 Å². The Balaban J connectivity index is 1.49. The molecule has 0 radical (unpaired) electrons. The molecule has 0 aromatic heterocycles. The zero-order valence-corrected chi connectivity index (χ0v) is 14.1. The van der Waals surface area contributed by atoms with E-state index in [0.717, 1.165) is 31.5 Å². The quantitative estimate of drug-likeness (QED) is 0.813. The summed E-state index contributed by atoms with van der Waals surface area (Å²) in [6.07, 6.45) is 2.19. The summed E-state index contributed by atoms with van der Waals surface area (Å²) in [7, 11) is -3.73. The Kier molecular flexibility index (Phi) is 4.89. The molecule has 24 heavy (non-hydrogen) atoms. The Labute approximate surface area is 141 Å². The molecule has 1 aliphatic heterocycles. The lowest BCUT2D eigenvalue weighted by Crippen LogP contribution is -2.35. The number of hydrogen-bond acceptors (Lipinski definition) is 4. The van der Waals surface area contributed by atoms with E-state index in [4.69, 9.17) is 5.73 Å². The lowest BCUT2D eigenvalue weighted by molar-refractivity contribution is -0.130. The number of nitrogens with zero attached hydrogens (tertiary/aromatic N) is 1. The summed E-state index contributed by atoms with van der Waals surface area (Å²) in [5, 5.41) is 0. The highest BCUT2D eigenvalue weighted by Gasteiger charge is 2.42. The summed E-state index contributed by atoms with van der Waals surface area (Å²) < 4.78 is 39.4. The second-order valence-electron chi connectivity index (χ2n) is 6.57. The van der Waals surface area contributed by atoms with Gasteiger partial charge in [-0.1, -0.05) is 0 Å². The van der Waals surface area contributed by atoms with Crippen LogP contribution in [0.4, 0.5) is 4.39 Å². The molecule has 0 spiro atoms. The summed E-state index contributed by atoms with van der Waals surface area (Å²) in [6.45, 7) is 1.42. The minimum Gasteiger partial charge on any atom is -0.342 e. The first-order valence-corrected chi connectivity index (χ1v) is 9.64.